The Hall–Kier alpha value is -0.550. The molecule has 0 aliphatic rings. The van der Waals surface area contributed by atoms with E-state index in [1.807, 2.05) is 43.5 Å². The van der Waals surface area contributed by atoms with Crippen molar-refractivity contribution in [2.24, 2.45) is 5.73 Å². The number of thiophene rings is 1. The van der Waals surface area contributed by atoms with Crippen molar-refractivity contribution in [3.8, 4) is 5.75 Å². The van der Waals surface area contributed by atoms with Crippen molar-refractivity contribution in [1.82, 2.24) is 0 Å². The zero-order chi connectivity index (χ0) is 14.0. The number of nitrogens with two attached hydrogens (primary N) is 1. The van der Waals surface area contributed by atoms with Gasteiger partial charge in [-0.05, 0) is 59.6 Å². The quantitative estimate of drug-likeness (QED) is 0.838. The van der Waals surface area contributed by atoms with E-state index in [1.165, 1.54) is 0 Å². The molecule has 0 aliphatic carbocycles. The first-order chi connectivity index (χ1) is 8.97. The van der Waals surface area contributed by atoms with Crippen LogP contribution in [0.1, 0.15) is 23.5 Å². The summed E-state index contributed by atoms with van der Waals surface area (Å²) in [5, 5.41) is 2.77. The zero-order valence-electron chi connectivity index (χ0n) is 10.7. The van der Waals surface area contributed by atoms with Gasteiger partial charge in [0, 0.05) is 25.8 Å². The minimum atomic E-state index is -0.156. The molecule has 2 nitrogen and oxygen atoms in total. The molecule has 0 saturated carbocycles. The molecule has 0 saturated heterocycles. The van der Waals surface area contributed by atoms with E-state index >= 15 is 0 Å². The molecule has 0 fully saturated rings. The Bertz CT molecular complexity index is 570. The fourth-order valence-electron chi connectivity index (χ4n) is 1.74. The summed E-state index contributed by atoms with van der Waals surface area (Å²) in [5.74, 6) is 0.786. The summed E-state index contributed by atoms with van der Waals surface area (Å²) < 4.78 is 7.07. The fraction of sp³-hybridized carbons (Fsp3) is 0.286. The lowest BCUT2D eigenvalue weighted by atomic mass is 10.1. The lowest BCUT2D eigenvalue weighted by molar-refractivity contribution is 0.184. The molecule has 0 spiro atoms. The number of benzene rings is 1. The Morgan fingerprint density at radius 3 is 2.63 bits per heavy atom. The monoisotopic (exact) mass is 359 g/mol. The van der Waals surface area contributed by atoms with E-state index in [0.717, 1.165) is 25.7 Å². The third-order valence-corrected chi connectivity index (χ3v) is 4.92. The summed E-state index contributed by atoms with van der Waals surface area (Å²) in [6.07, 6.45) is -0.156. The average molecular weight is 361 g/mol. The van der Waals surface area contributed by atoms with Crippen molar-refractivity contribution in [1.29, 1.82) is 0 Å². The highest BCUT2D eigenvalue weighted by atomic mass is 79.9. The standard InChI is InChI=1S/C14H15BrClNOS/c1-8-5-11(3-4-12(8)16)18-14(9(2)17)13-6-10(15)7-19-13/h3-7,9,14H,17H2,1-2H3. The lowest BCUT2D eigenvalue weighted by Gasteiger charge is -2.21. The molecule has 1 aromatic heterocycles. The van der Waals surface area contributed by atoms with E-state index in [-0.39, 0.29) is 12.1 Å². The van der Waals surface area contributed by atoms with Crippen LogP contribution in [0.5, 0.6) is 5.75 Å². The van der Waals surface area contributed by atoms with Crippen molar-refractivity contribution < 1.29 is 4.74 Å². The maximum Gasteiger partial charge on any atom is 0.148 e. The Morgan fingerprint density at radius 1 is 1.37 bits per heavy atom. The SMILES string of the molecule is Cc1cc(OC(c2cc(Br)cs2)C(C)N)ccc1Cl. The Kier molecular flexibility index (Phi) is 4.90. The van der Waals surface area contributed by atoms with Crippen LogP contribution in [-0.4, -0.2) is 6.04 Å². The molecule has 2 atom stereocenters. The van der Waals surface area contributed by atoms with Gasteiger partial charge in [0.25, 0.3) is 0 Å². The molecule has 5 heteroatoms. The molecule has 2 aromatic rings. The van der Waals surface area contributed by atoms with Crippen molar-refractivity contribution in [3.05, 3.63) is 49.6 Å². The van der Waals surface area contributed by atoms with Crippen molar-refractivity contribution in [2.75, 3.05) is 0 Å². The number of hydrogen-bond acceptors (Lipinski definition) is 3. The number of ether oxygens (including phenoxy) is 1. The van der Waals surface area contributed by atoms with E-state index in [2.05, 4.69) is 15.9 Å². The minimum absolute atomic E-state index is 0.0958. The number of halogens is 2. The van der Waals surface area contributed by atoms with Gasteiger partial charge in [0.1, 0.15) is 11.9 Å². The van der Waals surface area contributed by atoms with E-state index in [4.69, 9.17) is 22.1 Å². The highest BCUT2D eigenvalue weighted by molar-refractivity contribution is 9.10. The van der Waals surface area contributed by atoms with Gasteiger partial charge in [-0.15, -0.1) is 11.3 Å². The summed E-state index contributed by atoms with van der Waals surface area (Å²) in [7, 11) is 0. The smallest absolute Gasteiger partial charge is 0.148 e. The average Bonchev–Trinajstić information content (AvgIpc) is 2.76. The summed E-state index contributed by atoms with van der Waals surface area (Å²) in [5.41, 5.74) is 7.03. The second-order valence-electron chi connectivity index (χ2n) is 4.48. The molecule has 1 heterocycles. The second-order valence-corrected chi connectivity index (χ2v) is 6.74. The van der Waals surface area contributed by atoms with E-state index in [0.29, 0.717) is 0 Å². The van der Waals surface area contributed by atoms with Gasteiger partial charge >= 0.3 is 0 Å². The summed E-state index contributed by atoms with van der Waals surface area (Å²) in [4.78, 5) is 1.11. The van der Waals surface area contributed by atoms with Crippen LogP contribution in [0.2, 0.25) is 5.02 Å². The Morgan fingerprint density at radius 2 is 2.11 bits per heavy atom. The van der Waals surface area contributed by atoms with E-state index in [1.54, 1.807) is 11.3 Å². The minimum Gasteiger partial charge on any atom is -0.483 e. The molecular formula is C14H15BrClNOS. The first-order valence-electron chi connectivity index (χ1n) is 5.89. The Labute approximate surface area is 130 Å². The summed E-state index contributed by atoms with van der Waals surface area (Å²) >= 11 is 11.1. The first-order valence-corrected chi connectivity index (χ1v) is 7.94. The predicted molar refractivity (Wildman–Crippen MR) is 85.2 cm³/mol. The number of aryl methyl sites for hydroxylation is 1. The fourth-order valence-corrected chi connectivity index (χ4v) is 3.44. The molecule has 2 N–H and O–H groups in total. The highest BCUT2D eigenvalue weighted by Gasteiger charge is 2.20. The summed E-state index contributed by atoms with van der Waals surface area (Å²) in [6.45, 7) is 3.90. The van der Waals surface area contributed by atoms with Gasteiger partial charge in [-0.2, -0.15) is 0 Å². The predicted octanol–water partition coefficient (Wildman–Crippen LogP) is 4.94. The molecule has 2 rings (SSSR count). The summed E-state index contributed by atoms with van der Waals surface area (Å²) in [6, 6.07) is 7.59. The van der Waals surface area contributed by atoms with Gasteiger partial charge in [-0.3, -0.25) is 0 Å². The van der Waals surface area contributed by atoms with Crippen molar-refractivity contribution in [2.45, 2.75) is 26.0 Å². The molecular weight excluding hydrogens is 346 g/mol. The van der Waals surface area contributed by atoms with E-state index < -0.39 is 0 Å². The van der Waals surface area contributed by atoms with Crippen LogP contribution in [0.25, 0.3) is 0 Å². The van der Waals surface area contributed by atoms with Crippen LogP contribution in [0, 0.1) is 6.92 Å². The molecule has 102 valence electrons. The maximum atomic E-state index is 6.03. The molecule has 2 unspecified atom stereocenters. The van der Waals surface area contributed by atoms with Crippen LogP contribution in [0.15, 0.2) is 34.1 Å². The number of rotatable bonds is 4. The van der Waals surface area contributed by atoms with Crippen LogP contribution in [0.3, 0.4) is 0 Å². The largest absolute Gasteiger partial charge is 0.483 e. The molecule has 0 bridgehead atoms. The van der Waals surface area contributed by atoms with Crippen molar-refractivity contribution in [3.63, 3.8) is 0 Å². The normalized spacial score (nSPS) is 14.2. The molecule has 0 aliphatic heterocycles. The first kappa shape index (κ1) is 14.9. The lowest BCUT2D eigenvalue weighted by Crippen LogP contribution is -2.28. The molecule has 19 heavy (non-hydrogen) atoms. The van der Waals surface area contributed by atoms with Crippen LogP contribution in [0.4, 0.5) is 0 Å². The van der Waals surface area contributed by atoms with Gasteiger partial charge in [0.2, 0.25) is 0 Å². The second kappa shape index (κ2) is 6.27. The van der Waals surface area contributed by atoms with Crippen LogP contribution >= 0.6 is 38.9 Å². The van der Waals surface area contributed by atoms with Gasteiger partial charge < -0.3 is 10.5 Å². The maximum absolute atomic E-state index is 6.03. The topological polar surface area (TPSA) is 35.2 Å². The van der Waals surface area contributed by atoms with Gasteiger partial charge in [0.15, 0.2) is 0 Å². The van der Waals surface area contributed by atoms with Crippen LogP contribution in [-0.2, 0) is 0 Å². The van der Waals surface area contributed by atoms with E-state index in [9.17, 15) is 0 Å². The third-order valence-electron chi connectivity index (χ3n) is 2.74. The van der Waals surface area contributed by atoms with Crippen molar-refractivity contribution >= 4 is 38.9 Å². The number of hydrogen-bond donors (Lipinski definition) is 1. The zero-order valence-corrected chi connectivity index (χ0v) is 13.8. The van der Waals surface area contributed by atoms with Gasteiger partial charge in [-0.25, -0.2) is 0 Å². The third kappa shape index (κ3) is 3.72. The van der Waals surface area contributed by atoms with Gasteiger partial charge in [-0.1, -0.05) is 11.6 Å². The molecule has 1 aromatic carbocycles. The highest BCUT2D eigenvalue weighted by Crippen LogP contribution is 2.32. The van der Waals surface area contributed by atoms with Crippen LogP contribution < -0.4 is 10.5 Å². The molecule has 0 radical (unpaired) electrons. The Balaban J connectivity index is 2.23. The molecule has 0 amide bonds. The van der Waals surface area contributed by atoms with Gasteiger partial charge in [0.05, 0.1) is 0 Å².